The summed E-state index contributed by atoms with van der Waals surface area (Å²) in [6.07, 6.45) is 2.60. The second-order valence-corrected chi connectivity index (χ2v) is 11.3. The van der Waals surface area contributed by atoms with Gasteiger partial charge in [-0.3, -0.25) is 14.4 Å². The van der Waals surface area contributed by atoms with Crippen LogP contribution in [0.3, 0.4) is 0 Å². The molecule has 0 bridgehead atoms. The van der Waals surface area contributed by atoms with Crippen molar-refractivity contribution >= 4 is 35.3 Å². The van der Waals surface area contributed by atoms with Gasteiger partial charge in [0, 0.05) is 22.9 Å². The number of furan rings is 1. The highest BCUT2D eigenvalue weighted by Gasteiger charge is 2.67. The van der Waals surface area contributed by atoms with E-state index in [1.54, 1.807) is 24.3 Å². The fourth-order valence-corrected chi connectivity index (χ4v) is 7.27. The van der Waals surface area contributed by atoms with Gasteiger partial charge in [-0.25, -0.2) is 4.79 Å². The zero-order valence-corrected chi connectivity index (χ0v) is 21.7. The molecule has 1 saturated heterocycles. The lowest BCUT2D eigenvalue weighted by Gasteiger charge is -2.61. The molecule has 37 heavy (non-hydrogen) atoms. The maximum atomic E-state index is 14.2. The monoisotopic (exact) mass is 528 g/mol. The van der Waals surface area contributed by atoms with Gasteiger partial charge in [-0.2, -0.15) is 0 Å². The number of carbonyl (C=O) groups excluding carboxylic acids is 4. The summed E-state index contributed by atoms with van der Waals surface area (Å²) in [5.74, 6) is -3.79. The molecule has 1 aromatic carbocycles. The molecule has 3 aliphatic rings. The van der Waals surface area contributed by atoms with Crippen molar-refractivity contribution in [2.75, 3.05) is 7.11 Å². The van der Waals surface area contributed by atoms with Crippen molar-refractivity contribution in [2.45, 2.75) is 51.7 Å². The molecule has 3 fully saturated rings. The van der Waals surface area contributed by atoms with Crippen LogP contribution in [0.25, 0.3) is 0 Å². The minimum Gasteiger partial charge on any atom is -0.472 e. The summed E-state index contributed by atoms with van der Waals surface area (Å²) in [6, 6.07) is 7.99. The first kappa shape index (κ1) is 25.5. The minimum atomic E-state index is -1.17. The number of halogens is 1. The first-order chi connectivity index (χ1) is 17.6. The van der Waals surface area contributed by atoms with Crippen molar-refractivity contribution < 1.29 is 37.8 Å². The fraction of sp³-hybridized carbons (Fsp3) is 0.500. The van der Waals surface area contributed by atoms with E-state index in [0.717, 1.165) is 0 Å². The van der Waals surface area contributed by atoms with E-state index < -0.39 is 52.7 Å². The van der Waals surface area contributed by atoms with E-state index in [1.807, 2.05) is 13.8 Å². The van der Waals surface area contributed by atoms with Gasteiger partial charge in [0.2, 0.25) is 0 Å². The highest BCUT2D eigenvalue weighted by molar-refractivity contribution is 6.30. The third kappa shape index (κ3) is 4.15. The van der Waals surface area contributed by atoms with E-state index in [-0.39, 0.29) is 23.7 Å². The first-order valence-corrected chi connectivity index (χ1v) is 12.8. The summed E-state index contributed by atoms with van der Waals surface area (Å²) in [4.78, 5) is 53.5. The molecular weight excluding hydrogens is 500 g/mol. The lowest BCUT2D eigenvalue weighted by atomic mass is 9.43. The smallest absolute Gasteiger partial charge is 0.338 e. The molecule has 5 rings (SSSR count). The molecule has 1 aliphatic heterocycles. The number of ether oxygens (including phenoxy) is 3. The van der Waals surface area contributed by atoms with Gasteiger partial charge in [-0.15, -0.1) is 0 Å². The Labute approximate surface area is 219 Å². The van der Waals surface area contributed by atoms with Crippen LogP contribution in [0.15, 0.2) is 47.3 Å². The summed E-state index contributed by atoms with van der Waals surface area (Å²) >= 11 is 6.03. The van der Waals surface area contributed by atoms with Gasteiger partial charge in [-0.1, -0.05) is 31.5 Å². The van der Waals surface area contributed by atoms with Crippen LogP contribution >= 0.6 is 11.6 Å². The van der Waals surface area contributed by atoms with Crippen LogP contribution in [-0.2, 0) is 28.6 Å². The number of hydrogen-bond acceptors (Lipinski definition) is 8. The van der Waals surface area contributed by atoms with Gasteiger partial charge in [0.1, 0.15) is 6.10 Å². The Hall–Kier alpha value is -3.13. The minimum absolute atomic E-state index is 0.0150. The summed E-state index contributed by atoms with van der Waals surface area (Å²) in [5, 5.41) is 0.359. The van der Waals surface area contributed by atoms with Crippen molar-refractivity contribution in [1.29, 1.82) is 0 Å². The summed E-state index contributed by atoms with van der Waals surface area (Å²) in [5.41, 5.74) is -0.712. The summed E-state index contributed by atoms with van der Waals surface area (Å²) in [7, 11) is 1.31. The van der Waals surface area contributed by atoms with Crippen LogP contribution in [0, 0.1) is 28.6 Å². The second kappa shape index (κ2) is 9.31. The molecule has 2 aliphatic carbocycles. The molecule has 196 valence electrons. The third-order valence-corrected chi connectivity index (χ3v) is 9.05. The number of esters is 3. The third-order valence-electron chi connectivity index (χ3n) is 8.81. The highest BCUT2D eigenvalue weighted by Crippen LogP contribution is 2.65. The fourth-order valence-electron chi connectivity index (χ4n) is 7.08. The SMILES string of the molecule is COC(=O)[C@@H]1C[C@H](OC(=O)c2cccc(Cl)c2)C(=O)[C@H]2[C@@]1(C)CC[C@H]1C(=O)O[C@H](c3ccoc3)C[C@]21C. The normalized spacial score (nSPS) is 35.1. The van der Waals surface area contributed by atoms with Crippen molar-refractivity contribution in [3.63, 3.8) is 0 Å². The Morgan fingerprint density at radius 1 is 1.14 bits per heavy atom. The number of carbonyl (C=O) groups is 4. The number of rotatable bonds is 4. The van der Waals surface area contributed by atoms with Gasteiger partial charge in [0.15, 0.2) is 11.9 Å². The van der Waals surface area contributed by atoms with Gasteiger partial charge >= 0.3 is 17.9 Å². The number of ketones is 1. The predicted molar refractivity (Wildman–Crippen MR) is 130 cm³/mol. The van der Waals surface area contributed by atoms with Gasteiger partial charge in [0.05, 0.1) is 37.0 Å². The first-order valence-electron chi connectivity index (χ1n) is 12.4. The van der Waals surface area contributed by atoms with E-state index in [2.05, 4.69) is 0 Å². The quantitative estimate of drug-likeness (QED) is 0.405. The number of cyclic esters (lactones) is 1. The summed E-state index contributed by atoms with van der Waals surface area (Å²) in [6.45, 7) is 3.83. The van der Waals surface area contributed by atoms with E-state index >= 15 is 0 Å². The van der Waals surface area contributed by atoms with Crippen LogP contribution in [0.1, 0.15) is 61.6 Å². The summed E-state index contributed by atoms with van der Waals surface area (Å²) < 4.78 is 21.9. The molecule has 2 heterocycles. The maximum absolute atomic E-state index is 14.2. The predicted octanol–water partition coefficient (Wildman–Crippen LogP) is 4.95. The highest BCUT2D eigenvalue weighted by atomic mass is 35.5. The Balaban J connectivity index is 1.54. The van der Waals surface area contributed by atoms with E-state index in [4.69, 9.17) is 30.2 Å². The van der Waals surface area contributed by atoms with Crippen molar-refractivity contribution in [2.24, 2.45) is 28.6 Å². The molecule has 8 nitrogen and oxygen atoms in total. The van der Waals surface area contributed by atoms with Crippen LogP contribution in [-0.4, -0.2) is 36.9 Å². The lowest BCUT2D eigenvalue weighted by Crippen LogP contribution is -2.64. The molecule has 0 radical (unpaired) electrons. The average Bonchev–Trinajstić information content (AvgIpc) is 3.39. The number of methoxy groups -OCH3 is 1. The Morgan fingerprint density at radius 2 is 1.92 bits per heavy atom. The largest absolute Gasteiger partial charge is 0.472 e. The van der Waals surface area contributed by atoms with E-state index in [0.29, 0.717) is 29.8 Å². The maximum Gasteiger partial charge on any atom is 0.338 e. The molecule has 2 saturated carbocycles. The van der Waals surface area contributed by atoms with Gasteiger partial charge in [0.25, 0.3) is 0 Å². The molecule has 0 N–H and O–H groups in total. The zero-order chi connectivity index (χ0) is 26.5. The lowest BCUT2D eigenvalue weighted by molar-refractivity contribution is -0.208. The Morgan fingerprint density at radius 3 is 2.59 bits per heavy atom. The van der Waals surface area contributed by atoms with Crippen LogP contribution in [0.4, 0.5) is 0 Å². The standard InChI is InChI=1S/C28H29ClO8/c1-27-9-7-18-26(33)37-21(16-8-10-35-14-16)13-28(18,2)23(27)22(30)20(12-19(27)25(32)34-3)36-24(31)15-5-4-6-17(29)11-15/h4-6,8,10-11,14,18-21,23H,7,9,12-13H2,1-3H3/t18-,19-,20-,21-,23-,27-,28-/m0/s1. The molecular formula is C28H29ClO8. The molecule has 0 spiro atoms. The Bertz CT molecular complexity index is 1240. The molecule has 2 aromatic rings. The van der Waals surface area contributed by atoms with Crippen molar-refractivity contribution in [1.82, 2.24) is 0 Å². The van der Waals surface area contributed by atoms with E-state index in [9.17, 15) is 19.2 Å². The van der Waals surface area contributed by atoms with E-state index in [1.165, 1.54) is 25.7 Å². The molecule has 7 atom stereocenters. The second-order valence-electron chi connectivity index (χ2n) is 10.8. The Kier molecular flexibility index (Phi) is 6.42. The number of benzene rings is 1. The van der Waals surface area contributed by atoms with Crippen molar-refractivity contribution in [3.05, 3.63) is 59.0 Å². The van der Waals surface area contributed by atoms with Crippen molar-refractivity contribution in [3.8, 4) is 0 Å². The zero-order valence-electron chi connectivity index (χ0n) is 20.9. The van der Waals surface area contributed by atoms with Crippen LogP contribution in [0.5, 0.6) is 0 Å². The van der Waals surface area contributed by atoms with Gasteiger partial charge < -0.3 is 18.6 Å². The van der Waals surface area contributed by atoms with Gasteiger partial charge in [-0.05, 0) is 54.4 Å². The van der Waals surface area contributed by atoms with Crippen LogP contribution < -0.4 is 0 Å². The number of fused-ring (bicyclic) bond motifs is 3. The molecule has 0 amide bonds. The average molecular weight is 529 g/mol. The number of hydrogen-bond donors (Lipinski definition) is 0. The topological polar surface area (TPSA) is 109 Å². The molecule has 1 aromatic heterocycles. The van der Waals surface area contributed by atoms with Crippen LogP contribution in [0.2, 0.25) is 5.02 Å². The number of Topliss-reactive ketones (excluding diaryl/α,β-unsaturated/α-hetero) is 1. The molecule has 0 unspecified atom stereocenters. The molecule has 9 heteroatoms.